The molecule has 1 N–H and O–H groups in total. The maximum atomic E-state index is 8.90. The SMILES string of the molecule is OCC1CC12SCCCS2. The summed E-state index contributed by atoms with van der Waals surface area (Å²) >= 11 is 4.13. The van der Waals surface area contributed by atoms with Crippen molar-refractivity contribution in [3.63, 3.8) is 0 Å². The van der Waals surface area contributed by atoms with Crippen LogP contribution < -0.4 is 0 Å². The number of aliphatic hydroxyl groups excluding tert-OH is 1. The van der Waals surface area contributed by atoms with Crippen molar-refractivity contribution in [2.45, 2.75) is 16.9 Å². The first-order chi connectivity index (χ1) is 4.87. The van der Waals surface area contributed by atoms with Crippen LogP contribution >= 0.6 is 23.5 Å². The maximum Gasteiger partial charge on any atom is 0.0666 e. The van der Waals surface area contributed by atoms with Crippen LogP contribution in [0.25, 0.3) is 0 Å². The van der Waals surface area contributed by atoms with E-state index < -0.39 is 0 Å². The fraction of sp³-hybridized carbons (Fsp3) is 1.00. The zero-order chi connectivity index (χ0) is 7.03. The Balaban J connectivity index is 1.92. The van der Waals surface area contributed by atoms with E-state index in [1.807, 2.05) is 0 Å². The second-order valence-electron chi connectivity index (χ2n) is 2.95. The molecule has 0 aromatic carbocycles. The van der Waals surface area contributed by atoms with Gasteiger partial charge in [0.15, 0.2) is 0 Å². The molecule has 58 valence electrons. The van der Waals surface area contributed by atoms with E-state index in [9.17, 15) is 0 Å². The number of aliphatic hydroxyl groups is 1. The Morgan fingerprint density at radius 3 is 2.60 bits per heavy atom. The molecule has 2 aliphatic rings. The minimum atomic E-state index is 0.403. The minimum Gasteiger partial charge on any atom is -0.396 e. The highest BCUT2D eigenvalue weighted by atomic mass is 32.2. The normalized spacial score (nSPS) is 36.3. The lowest BCUT2D eigenvalue weighted by molar-refractivity contribution is 0.276. The molecule has 0 amide bonds. The molecular formula is C7H12OS2. The Hall–Kier alpha value is 0.660. The minimum absolute atomic E-state index is 0.403. The van der Waals surface area contributed by atoms with Crippen LogP contribution in [0.15, 0.2) is 0 Å². The van der Waals surface area contributed by atoms with Crippen LogP contribution in [0.3, 0.4) is 0 Å². The summed E-state index contributed by atoms with van der Waals surface area (Å²) in [4.78, 5) is 0. The quantitative estimate of drug-likeness (QED) is 0.655. The fourth-order valence-electron chi connectivity index (χ4n) is 1.43. The van der Waals surface area contributed by atoms with E-state index in [-0.39, 0.29) is 0 Å². The van der Waals surface area contributed by atoms with Gasteiger partial charge in [-0.2, -0.15) is 0 Å². The van der Waals surface area contributed by atoms with Gasteiger partial charge >= 0.3 is 0 Å². The van der Waals surface area contributed by atoms with Crippen molar-refractivity contribution in [2.75, 3.05) is 18.1 Å². The topological polar surface area (TPSA) is 20.2 Å². The molecule has 1 aliphatic carbocycles. The molecule has 3 heteroatoms. The molecule has 0 bridgehead atoms. The molecular weight excluding hydrogens is 164 g/mol. The highest BCUT2D eigenvalue weighted by Crippen LogP contribution is 2.63. The standard InChI is InChI=1S/C7H12OS2/c8-5-6-4-7(6)9-2-1-3-10-7/h6,8H,1-5H2. The van der Waals surface area contributed by atoms with Crippen molar-refractivity contribution in [3.05, 3.63) is 0 Å². The molecule has 1 heterocycles. The third kappa shape index (κ3) is 1.08. The monoisotopic (exact) mass is 176 g/mol. The van der Waals surface area contributed by atoms with Crippen LogP contribution in [-0.2, 0) is 0 Å². The zero-order valence-electron chi connectivity index (χ0n) is 5.88. The van der Waals surface area contributed by atoms with Crippen molar-refractivity contribution >= 4 is 23.5 Å². The van der Waals surface area contributed by atoms with Crippen molar-refractivity contribution in [1.82, 2.24) is 0 Å². The highest BCUT2D eigenvalue weighted by Gasteiger charge is 2.55. The predicted molar refractivity (Wildman–Crippen MR) is 47.5 cm³/mol. The van der Waals surface area contributed by atoms with Crippen LogP contribution in [0.4, 0.5) is 0 Å². The summed E-state index contributed by atoms with van der Waals surface area (Å²) in [5.74, 6) is 3.23. The lowest BCUT2D eigenvalue weighted by atomic mass is 10.5. The summed E-state index contributed by atoms with van der Waals surface area (Å²) in [6.07, 6.45) is 2.61. The van der Waals surface area contributed by atoms with E-state index in [0.29, 0.717) is 16.6 Å². The highest BCUT2D eigenvalue weighted by molar-refractivity contribution is 8.19. The predicted octanol–water partition coefficient (Wildman–Crippen LogP) is 1.56. The van der Waals surface area contributed by atoms with Crippen molar-refractivity contribution in [1.29, 1.82) is 0 Å². The molecule has 1 aliphatic heterocycles. The summed E-state index contributed by atoms with van der Waals surface area (Å²) in [6.45, 7) is 0.403. The number of thioether (sulfide) groups is 2. The molecule has 1 nitrogen and oxygen atoms in total. The molecule has 1 atom stereocenters. The van der Waals surface area contributed by atoms with E-state index in [0.717, 1.165) is 0 Å². The largest absolute Gasteiger partial charge is 0.396 e. The number of hydrogen-bond acceptors (Lipinski definition) is 3. The maximum absolute atomic E-state index is 8.90. The van der Waals surface area contributed by atoms with Crippen molar-refractivity contribution in [2.24, 2.45) is 5.92 Å². The number of rotatable bonds is 1. The molecule has 0 radical (unpaired) electrons. The molecule has 10 heavy (non-hydrogen) atoms. The molecule has 2 fully saturated rings. The third-order valence-corrected chi connectivity index (χ3v) is 5.86. The molecule has 1 saturated heterocycles. The first kappa shape index (κ1) is 7.32. The van der Waals surface area contributed by atoms with Crippen molar-refractivity contribution in [3.8, 4) is 0 Å². The summed E-state index contributed by atoms with van der Waals surface area (Å²) in [7, 11) is 0. The molecule has 2 rings (SSSR count). The van der Waals surface area contributed by atoms with Gasteiger partial charge in [0, 0.05) is 12.5 Å². The number of hydrogen-bond donors (Lipinski definition) is 1. The smallest absolute Gasteiger partial charge is 0.0666 e. The van der Waals surface area contributed by atoms with Crippen LogP contribution in [0.5, 0.6) is 0 Å². The lowest BCUT2D eigenvalue weighted by Crippen LogP contribution is -2.11. The Morgan fingerprint density at radius 2 is 2.10 bits per heavy atom. The van der Waals surface area contributed by atoms with Gasteiger partial charge < -0.3 is 5.11 Å². The van der Waals surface area contributed by atoms with Gasteiger partial charge in [-0.1, -0.05) is 0 Å². The van der Waals surface area contributed by atoms with Gasteiger partial charge in [-0.05, 0) is 24.3 Å². The fourth-order valence-corrected chi connectivity index (χ4v) is 4.98. The molecule has 1 spiro atoms. The van der Waals surface area contributed by atoms with Gasteiger partial charge in [0.2, 0.25) is 0 Å². The van der Waals surface area contributed by atoms with Gasteiger partial charge in [-0.15, -0.1) is 23.5 Å². The Labute approximate surface area is 70.0 Å². The summed E-state index contributed by atoms with van der Waals surface area (Å²) in [5, 5.41) is 8.90. The van der Waals surface area contributed by atoms with Crippen LogP contribution in [0.1, 0.15) is 12.8 Å². The average Bonchev–Trinajstić information content (AvgIpc) is 2.65. The first-order valence-corrected chi connectivity index (χ1v) is 5.73. The summed E-state index contributed by atoms with van der Waals surface area (Å²) < 4.78 is 0.479. The van der Waals surface area contributed by atoms with Gasteiger partial charge in [0.1, 0.15) is 0 Å². The molecule has 1 saturated carbocycles. The summed E-state index contributed by atoms with van der Waals surface area (Å²) in [6, 6.07) is 0. The van der Waals surface area contributed by atoms with Crippen LogP contribution in [0, 0.1) is 5.92 Å². The van der Waals surface area contributed by atoms with E-state index in [4.69, 9.17) is 5.11 Å². The molecule has 0 aromatic heterocycles. The van der Waals surface area contributed by atoms with Gasteiger partial charge in [0.25, 0.3) is 0 Å². The zero-order valence-corrected chi connectivity index (χ0v) is 7.51. The van der Waals surface area contributed by atoms with E-state index in [1.165, 1.54) is 24.3 Å². The Morgan fingerprint density at radius 1 is 1.40 bits per heavy atom. The Bertz CT molecular complexity index is 132. The van der Waals surface area contributed by atoms with Gasteiger partial charge in [0.05, 0.1) is 4.08 Å². The van der Waals surface area contributed by atoms with Gasteiger partial charge in [-0.25, -0.2) is 0 Å². The van der Waals surface area contributed by atoms with E-state index >= 15 is 0 Å². The van der Waals surface area contributed by atoms with Crippen LogP contribution in [0.2, 0.25) is 0 Å². The van der Waals surface area contributed by atoms with E-state index in [1.54, 1.807) is 0 Å². The second kappa shape index (κ2) is 2.61. The molecule has 1 unspecified atom stereocenters. The first-order valence-electron chi connectivity index (χ1n) is 3.76. The van der Waals surface area contributed by atoms with Crippen molar-refractivity contribution < 1.29 is 5.11 Å². The third-order valence-electron chi connectivity index (χ3n) is 2.19. The second-order valence-corrected chi connectivity index (χ2v) is 6.06. The van der Waals surface area contributed by atoms with Gasteiger partial charge in [-0.3, -0.25) is 0 Å². The lowest BCUT2D eigenvalue weighted by Gasteiger charge is -2.20. The van der Waals surface area contributed by atoms with E-state index in [2.05, 4.69) is 23.5 Å². The molecule has 0 aromatic rings. The average molecular weight is 176 g/mol. The summed E-state index contributed by atoms with van der Waals surface area (Å²) in [5.41, 5.74) is 0. The Kier molecular flexibility index (Phi) is 1.91. The van der Waals surface area contributed by atoms with Crippen LogP contribution in [-0.4, -0.2) is 27.3 Å².